The van der Waals surface area contributed by atoms with Crippen LogP contribution in [0, 0.1) is 0 Å². The summed E-state index contributed by atoms with van der Waals surface area (Å²) in [4.78, 5) is 6.12. The monoisotopic (exact) mass is 320 g/mol. The van der Waals surface area contributed by atoms with Crippen molar-refractivity contribution in [1.82, 2.24) is 24.1 Å². The third kappa shape index (κ3) is 2.70. The van der Waals surface area contributed by atoms with E-state index >= 15 is 0 Å². The molecule has 0 bridgehead atoms. The zero-order chi connectivity index (χ0) is 15.0. The Morgan fingerprint density at radius 2 is 2.10 bits per heavy atom. The number of anilines is 1. The Morgan fingerprint density at radius 3 is 2.81 bits per heavy atom. The van der Waals surface area contributed by atoms with Gasteiger partial charge in [0.1, 0.15) is 6.61 Å². The predicted octanol–water partition coefficient (Wildman–Crippen LogP) is 1.32. The van der Waals surface area contributed by atoms with Gasteiger partial charge in [-0.05, 0) is 0 Å². The first-order valence-electron chi connectivity index (χ1n) is 6.05. The number of halogens is 3. The molecule has 0 atom stereocenters. The van der Waals surface area contributed by atoms with Crippen molar-refractivity contribution >= 4 is 16.7 Å². The molecule has 2 aromatic rings. The zero-order valence-corrected chi connectivity index (χ0v) is 11.8. The molecule has 0 unspecified atom stereocenters. The molecule has 114 valence electrons. The van der Waals surface area contributed by atoms with E-state index in [9.17, 15) is 13.2 Å². The highest BCUT2D eigenvalue weighted by atomic mass is 32.1. The van der Waals surface area contributed by atoms with Crippen LogP contribution in [0.4, 0.5) is 18.3 Å². The van der Waals surface area contributed by atoms with Gasteiger partial charge in [0.2, 0.25) is 11.0 Å². The van der Waals surface area contributed by atoms with Crippen molar-refractivity contribution in [3.8, 4) is 0 Å². The fraction of sp³-hybridized carbons (Fsp3) is 0.600. The number of nitrogens with zero attached hydrogens (tertiary/aromatic N) is 6. The van der Waals surface area contributed by atoms with Crippen molar-refractivity contribution < 1.29 is 17.9 Å². The van der Waals surface area contributed by atoms with Crippen LogP contribution in [0.15, 0.2) is 0 Å². The van der Waals surface area contributed by atoms with E-state index in [1.54, 1.807) is 7.11 Å². The normalized spacial score (nSPS) is 15.3. The molecule has 7 nitrogen and oxygen atoms in total. The van der Waals surface area contributed by atoms with E-state index in [0.717, 1.165) is 4.57 Å². The van der Waals surface area contributed by atoms with Crippen LogP contribution in [0.1, 0.15) is 17.5 Å². The summed E-state index contributed by atoms with van der Waals surface area (Å²) < 4.78 is 48.4. The van der Waals surface area contributed by atoms with Gasteiger partial charge in [0, 0.05) is 31.7 Å². The molecule has 0 aliphatic carbocycles. The van der Waals surface area contributed by atoms with Gasteiger partial charge in [-0.3, -0.25) is 0 Å². The van der Waals surface area contributed by atoms with Gasteiger partial charge in [-0.25, -0.2) is 4.98 Å². The van der Waals surface area contributed by atoms with Crippen LogP contribution in [0.25, 0.3) is 0 Å². The molecule has 3 rings (SSSR count). The number of fused-ring (bicyclic) bond motifs is 1. The maximum absolute atomic E-state index is 12.7. The Bertz CT molecular complexity index is 639. The molecule has 0 saturated heterocycles. The van der Waals surface area contributed by atoms with Crippen molar-refractivity contribution in [3.05, 3.63) is 17.5 Å². The number of hydrogen-bond donors (Lipinski definition) is 0. The van der Waals surface area contributed by atoms with Crippen LogP contribution in [0.5, 0.6) is 0 Å². The van der Waals surface area contributed by atoms with Crippen LogP contribution >= 0.6 is 11.5 Å². The number of alkyl halides is 3. The fourth-order valence-electron chi connectivity index (χ4n) is 2.09. The quantitative estimate of drug-likeness (QED) is 0.849. The highest BCUT2D eigenvalue weighted by Crippen LogP contribution is 2.30. The third-order valence-corrected chi connectivity index (χ3v) is 3.82. The minimum atomic E-state index is -4.48. The van der Waals surface area contributed by atoms with Gasteiger partial charge in [0.05, 0.1) is 6.54 Å². The lowest BCUT2D eigenvalue weighted by Crippen LogP contribution is -2.35. The van der Waals surface area contributed by atoms with Crippen molar-refractivity contribution in [1.29, 1.82) is 0 Å². The number of ether oxygens (including phenoxy) is 1. The van der Waals surface area contributed by atoms with E-state index in [2.05, 4.69) is 19.6 Å². The Balaban J connectivity index is 1.80. The van der Waals surface area contributed by atoms with Crippen molar-refractivity contribution in [2.24, 2.45) is 0 Å². The first kappa shape index (κ1) is 14.2. The first-order valence-corrected chi connectivity index (χ1v) is 6.82. The van der Waals surface area contributed by atoms with Crippen LogP contribution in [-0.2, 0) is 30.6 Å². The fourth-order valence-corrected chi connectivity index (χ4v) is 2.79. The molecule has 0 N–H and O–H groups in total. The smallest absolute Gasteiger partial charge is 0.377 e. The van der Waals surface area contributed by atoms with Crippen molar-refractivity contribution in [3.63, 3.8) is 0 Å². The van der Waals surface area contributed by atoms with E-state index in [4.69, 9.17) is 4.74 Å². The maximum atomic E-state index is 12.7. The first-order chi connectivity index (χ1) is 9.99. The zero-order valence-electron chi connectivity index (χ0n) is 11.0. The molecule has 21 heavy (non-hydrogen) atoms. The number of hydrogen-bond acceptors (Lipinski definition) is 7. The van der Waals surface area contributed by atoms with Crippen LogP contribution < -0.4 is 4.90 Å². The summed E-state index contributed by atoms with van der Waals surface area (Å²) in [7, 11) is 1.54. The topological polar surface area (TPSA) is 69.0 Å². The average Bonchev–Trinajstić information content (AvgIpc) is 3.03. The Morgan fingerprint density at radius 1 is 1.29 bits per heavy atom. The molecule has 0 radical (unpaired) electrons. The standard InChI is InChI=1S/C10H11F3N6OS/c1-20-5-6-14-9(21-17-6)18-2-3-19-7(4-18)15-16-8(19)10(11,12)13/h2-5H2,1H3. The van der Waals surface area contributed by atoms with Gasteiger partial charge in [0.25, 0.3) is 0 Å². The third-order valence-electron chi connectivity index (χ3n) is 3.01. The Hall–Kier alpha value is -1.75. The number of rotatable bonds is 3. The lowest BCUT2D eigenvalue weighted by molar-refractivity contribution is -0.147. The number of methoxy groups -OCH3 is 1. The number of aromatic nitrogens is 5. The van der Waals surface area contributed by atoms with Crippen molar-refractivity contribution in [2.45, 2.75) is 25.9 Å². The second kappa shape index (κ2) is 5.22. The largest absolute Gasteiger partial charge is 0.451 e. The molecule has 2 aromatic heterocycles. The van der Waals surface area contributed by atoms with Crippen LogP contribution in [-0.4, -0.2) is 37.8 Å². The maximum Gasteiger partial charge on any atom is 0.451 e. The summed E-state index contributed by atoms with van der Waals surface area (Å²) in [5.74, 6) is -0.118. The van der Waals surface area contributed by atoms with Crippen molar-refractivity contribution in [2.75, 3.05) is 18.6 Å². The second-order valence-electron chi connectivity index (χ2n) is 4.44. The van der Waals surface area contributed by atoms with E-state index < -0.39 is 12.0 Å². The average molecular weight is 320 g/mol. The lowest BCUT2D eigenvalue weighted by atomic mass is 10.3. The molecule has 0 saturated carbocycles. The minimum absolute atomic E-state index is 0.163. The predicted molar refractivity (Wildman–Crippen MR) is 66.7 cm³/mol. The van der Waals surface area contributed by atoms with Gasteiger partial charge < -0.3 is 14.2 Å². The van der Waals surface area contributed by atoms with E-state index in [1.165, 1.54) is 11.5 Å². The van der Waals surface area contributed by atoms with Crippen LogP contribution in [0.3, 0.4) is 0 Å². The van der Waals surface area contributed by atoms with E-state index in [-0.39, 0.29) is 18.9 Å². The summed E-state index contributed by atoms with van der Waals surface area (Å²) in [5, 5.41) is 7.51. The molecule has 1 aliphatic rings. The highest BCUT2D eigenvalue weighted by Gasteiger charge is 2.39. The molecule has 0 amide bonds. The molecular weight excluding hydrogens is 309 g/mol. The van der Waals surface area contributed by atoms with Gasteiger partial charge in [-0.2, -0.15) is 17.5 Å². The Labute approximate surface area is 121 Å². The molecular formula is C10H11F3N6OS. The molecule has 11 heteroatoms. The summed E-state index contributed by atoms with van der Waals surface area (Å²) in [6, 6.07) is 0. The SMILES string of the molecule is COCc1nsc(N2CCn3c(nnc3C(F)(F)F)C2)n1. The summed E-state index contributed by atoms with van der Waals surface area (Å²) in [5.41, 5.74) is 0. The van der Waals surface area contributed by atoms with Gasteiger partial charge in [-0.15, -0.1) is 10.2 Å². The lowest BCUT2D eigenvalue weighted by Gasteiger charge is -2.27. The molecule has 0 spiro atoms. The molecule has 3 heterocycles. The van der Waals surface area contributed by atoms with E-state index in [0.29, 0.717) is 24.1 Å². The minimum Gasteiger partial charge on any atom is -0.377 e. The highest BCUT2D eigenvalue weighted by molar-refractivity contribution is 7.09. The van der Waals surface area contributed by atoms with E-state index in [1.807, 2.05) is 4.90 Å². The molecule has 1 aliphatic heterocycles. The van der Waals surface area contributed by atoms with Gasteiger partial charge in [-0.1, -0.05) is 0 Å². The van der Waals surface area contributed by atoms with Gasteiger partial charge >= 0.3 is 6.18 Å². The second-order valence-corrected chi connectivity index (χ2v) is 5.17. The molecule has 0 fully saturated rings. The summed E-state index contributed by atoms with van der Waals surface area (Å²) >= 11 is 1.19. The van der Waals surface area contributed by atoms with Crippen LogP contribution in [0.2, 0.25) is 0 Å². The molecule has 0 aromatic carbocycles. The summed E-state index contributed by atoms with van der Waals surface area (Å²) in [6.07, 6.45) is -4.48. The summed E-state index contributed by atoms with van der Waals surface area (Å²) in [6.45, 7) is 1.09. The van der Waals surface area contributed by atoms with Gasteiger partial charge in [0.15, 0.2) is 11.6 Å². The Kier molecular flexibility index (Phi) is 3.53.